The lowest BCUT2D eigenvalue weighted by Crippen LogP contribution is -2.42. The molecule has 4 nitrogen and oxygen atoms in total. The van der Waals surface area contributed by atoms with Gasteiger partial charge in [0.15, 0.2) is 5.78 Å². The van der Waals surface area contributed by atoms with E-state index in [-0.39, 0.29) is 23.3 Å². The second kappa shape index (κ2) is 11.5. The Bertz CT molecular complexity index is 864. The molecule has 31 heavy (non-hydrogen) atoms. The fraction of sp³-hybridized carbons (Fsp3) is 0.407. The maximum Gasteiger partial charge on any atom is 0.290 e. The van der Waals surface area contributed by atoms with Gasteiger partial charge < -0.3 is 9.84 Å². The van der Waals surface area contributed by atoms with Crippen LogP contribution in [-0.2, 0) is 11.2 Å². The molecule has 0 saturated heterocycles. The van der Waals surface area contributed by atoms with E-state index < -0.39 is 0 Å². The first-order chi connectivity index (χ1) is 14.4. The van der Waals surface area contributed by atoms with E-state index in [0.29, 0.717) is 0 Å². The molecule has 4 heteroatoms. The van der Waals surface area contributed by atoms with Crippen LogP contribution in [0.3, 0.4) is 0 Å². The molecule has 0 atom stereocenters. The summed E-state index contributed by atoms with van der Waals surface area (Å²) in [5, 5.41) is 6.89. The molecule has 0 aliphatic rings. The molecule has 0 bridgehead atoms. The molecular formula is C27H36O4. The molecule has 0 heterocycles. The molecular weight excluding hydrogens is 388 g/mol. The summed E-state index contributed by atoms with van der Waals surface area (Å²) in [6.45, 7) is 14.9. The van der Waals surface area contributed by atoms with Gasteiger partial charge in [0.2, 0.25) is 0 Å². The molecule has 0 aromatic heterocycles. The van der Waals surface area contributed by atoms with Crippen LogP contribution in [0.2, 0.25) is 0 Å². The summed E-state index contributed by atoms with van der Waals surface area (Å²) in [6.07, 6.45) is 5.39. The highest BCUT2D eigenvalue weighted by atomic mass is 16.5. The molecule has 0 aliphatic carbocycles. The van der Waals surface area contributed by atoms with Gasteiger partial charge in [0.1, 0.15) is 11.4 Å². The topological polar surface area (TPSA) is 63.6 Å². The van der Waals surface area contributed by atoms with Gasteiger partial charge in [-0.3, -0.25) is 9.59 Å². The Morgan fingerprint density at radius 1 is 1.00 bits per heavy atom. The molecule has 2 rings (SSSR count). The van der Waals surface area contributed by atoms with Crippen molar-refractivity contribution < 1.29 is 19.4 Å². The minimum Gasteiger partial charge on any atom is -0.487 e. The van der Waals surface area contributed by atoms with Crippen LogP contribution in [-0.4, -0.2) is 23.0 Å². The van der Waals surface area contributed by atoms with Crippen LogP contribution in [0.4, 0.5) is 0 Å². The molecule has 2 aromatic carbocycles. The third-order valence-corrected chi connectivity index (χ3v) is 5.61. The van der Waals surface area contributed by atoms with Crippen molar-refractivity contribution >= 4 is 12.3 Å². The highest BCUT2D eigenvalue weighted by Gasteiger charge is 2.35. The molecule has 0 amide bonds. The van der Waals surface area contributed by atoms with Crippen molar-refractivity contribution in [3.63, 3.8) is 0 Å². The summed E-state index contributed by atoms with van der Waals surface area (Å²) in [5.41, 5.74) is 4.11. The average molecular weight is 425 g/mol. The van der Waals surface area contributed by atoms with Gasteiger partial charge in [-0.15, -0.1) is 0 Å². The van der Waals surface area contributed by atoms with Crippen LogP contribution in [0.5, 0.6) is 5.75 Å². The number of allylic oxidation sites excluding steroid dienone is 2. The maximum atomic E-state index is 12.1. The van der Waals surface area contributed by atoms with Gasteiger partial charge in [0, 0.05) is 11.0 Å². The zero-order chi connectivity index (χ0) is 23.7. The third-order valence-electron chi connectivity index (χ3n) is 5.61. The van der Waals surface area contributed by atoms with Crippen molar-refractivity contribution in [1.29, 1.82) is 0 Å². The van der Waals surface area contributed by atoms with Crippen molar-refractivity contribution in [2.45, 2.75) is 66.9 Å². The van der Waals surface area contributed by atoms with Crippen LogP contribution in [0, 0.1) is 19.3 Å². The van der Waals surface area contributed by atoms with E-state index >= 15 is 0 Å². The number of ether oxygens (including phenoxy) is 1. The lowest BCUT2D eigenvalue weighted by Gasteiger charge is -2.39. The molecule has 2 aromatic rings. The molecule has 0 spiro atoms. The normalized spacial score (nSPS) is 11.6. The number of hydrogen-bond donors (Lipinski definition) is 1. The number of carboxylic acid groups (broad SMARTS) is 1. The minimum atomic E-state index is -0.259. The number of benzene rings is 2. The second-order valence-corrected chi connectivity index (χ2v) is 9.20. The van der Waals surface area contributed by atoms with E-state index in [4.69, 9.17) is 14.6 Å². The lowest BCUT2D eigenvalue weighted by molar-refractivity contribution is -0.122. The molecule has 0 unspecified atom stereocenters. The Morgan fingerprint density at radius 2 is 1.52 bits per heavy atom. The van der Waals surface area contributed by atoms with E-state index in [0.717, 1.165) is 35.3 Å². The maximum absolute atomic E-state index is 12.1. The van der Waals surface area contributed by atoms with Crippen LogP contribution in [0.25, 0.3) is 0 Å². The predicted molar refractivity (Wildman–Crippen MR) is 127 cm³/mol. The van der Waals surface area contributed by atoms with Crippen molar-refractivity contribution in [3.05, 3.63) is 76.9 Å². The molecule has 0 fully saturated rings. The highest BCUT2D eigenvalue weighted by molar-refractivity contribution is 6.04. The number of rotatable bonds is 7. The van der Waals surface area contributed by atoms with Gasteiger partial charge in [0.25, 0.3) is 6.47 Å². The zero-order valence-electron chi connectivity index (χ0n) is 19.9. The van der Waals surface area contributed by atoms with E-state index in [1.807, 2.05) is 36.4 Å². The van der Waals surface area contributed by atoms with Gasteiger partial charge >= 0.3 is 0 Å². The number of ketones is 1. The fourth-order valence-corrected chi connectivity index (χ4v) is 2.89. The zero-order valence-corrected chi connectivity index (χ0v) is 19.9. The van der Waals surface area contributed by atoms with Gasteiger partial charge in [0.05, 0.1) is 0 Å². The second-order valence-electron chi connectivity index (χ2n) is 9.20. The van der Waals surface area contributed by atoms with Crippen molar-refractivity contribution in [2.24, 2.45) is 5.41 Å². The summed E-state index contributed by atoms with van der Waals surface area (Å²) >= 11 is 0. The molecule has 0 aliphatic heterocycles. The smallest absolute Gasteiger partial charge is 0.290 e. The average Bonchev–Trinajstić information content (AvgIpc) is 2.68. The third kappa shape index (κ3) is 8.05. The van der Waals surface area contributed by atoms with Gasteiger partial charge in [-0.05, 0) is 63.3 Å². The van der Waals surface area contributed by atoms with Gasteiger partial charge in [-0.2, -0.15) is 0 Å². The summed E-state index contributed by atoms with van der Waals surface area (Å²) in [5.74, 6) is 1.04. The largest absolute Gasteiger partial charge is 0.487 e. The summed E-state index contributed by atoms with van der Waals surface area (Å²) in [7, 11) is 0. The SMILES string of the molecule is Cc1cc(CC/C=C/C(=O)c2ccccc2)cc(C)c1OC(C)(C)C(C)(C)C.O=CO. The number of aryl methyl sites for hydroxylation is 3. The first-order valence-electron chi connectivity index (χ1n) is 10.6. The predicted octanol–water partition coefficient (Wildman–Crippen LogP) is 6.58. The first-order valence-corrected chi connectivity index (χ1v) is 10.6. The first kappa shape index (κ1) is 26.2. The minimum absolute atomic E-state index is 0.0423. The van der Waals surface area contributed by atoms with Crippen molar-refractivity contribution in [1.82, 2.24) is 0 Å². The fourth-order valence-electron chi connectivity index (χ4n) is 2.89. The van der Waals surface area contributed by atoms with E-state index in [2.05, 4.69) is 60.6 Å². The Labute approximate surface area is 187 Å². The van der Waals surface area contributed by atoms with Crippen molar-refractivity contribution in [3.8, 4) is 5.75 Å². The van der Waals surface area contributed by atoms with Crippen LogP contribution in [0.1, 0.15) is 68.1 Å². The summed E-state index contributed by atoms with van der Waals surface area (Å²) < 4.78 is 6.43. The molecule has 0 radical (unpaired) electrons. The molecule has 1 N–H and O–H groups in total. The Hall–Kier alpha value is -2.88. The Kier molecular flexibility index (Phi) is 9.70. The van der Waals surface area contributed by atoms with Gasteiger partial charge in [-0.1, -0.05) is 69.3 Å². The lowest BCUT2D eigenvalue weighted by atomic mass is 9.79. The Morgan fingerprint density at radius 3 is 2.00 bits per heavy atom. The number of hydrogen-bond acceptors (Lipinski definition) is 3. The summed E-state index contributed by atoms with van der Waals surface area (Å²) in [4.78, 5) is 20.5. The Balaban J connectivity index is 0.00000151. The molecule has 168 valence electrons. The van der Waals surface area contributed by atoms with Crippen molar-refractivity contribution in [2.75, 3.05) is 0 Å². The monoisotopic (exact) mass is 424 g/mol. The van der Waals surface area contributed by atoms with Crippen LogP contribution < -0.4 is 4.74 Å². The quantitative estimate of drug-likeness (QED) is 0.310. The summed E-state index contributed by atoms with van der Waals surface area (Å²) in [6, 6.07) is 13.8. The van der Waals surface area contributed by atoms with Crippen LogP contribution >= 0.6 is 0 Å². The van der Waals surface area contributed by atoms with Gasteiger partial charge in [-0.25, -0.2) is 0 Å². The van der Waals surface area contributed by atoms with Crippen LogP contribution in [0.15, 0.2) is 54.6 Å². The number of carbonyl (C=O) groups is 2. The standard InChI is InChI=1S/C26H34O2.CH2O2/c1-19-17-21(13-11-12-16-23(27)22-14-9-8-10-15-22)18-20(2)24(19)28-26(6,7)25(3,4)5;2-1-3/h8-10,12,14-18H,11,13H2,1-7H3;1H,(H,2,3)/b16-12+;. The van der Waals surface area contributed by atoms with E-state index in [1.165, 1.54) is 5.56 Å². The highest BCUT2D eigenvalue weighted by Crippen LogP contribution is 2.37. The number of carbonyl (C=O) groups excluding carboxylic acids is 1. The van der Waals surface area contributed by atoms with E-state index in [9.17, 15) is 4.79 Å². The molecule has 0 saturated carbocycles. The van der Waals surface area contributed by atoms with E-state index in [1.54, 1.807) is 6.08 Å².